The van der Waals surface area contributed by atoms with Gasteiger partial charge in [-0.2, -0.15) is 0 Å². The van der Waals surface area contributed by atoms with Gasteiger partial charge in [0.1, 0.15) is 29.0 Å². The first-order chi connectivity index (χ1) is 18.3. The van der Waals surface area contributed by atoms with E-state index in [2.05, 4.69) is 67.5 Å². The second-order valence-corrected chi connectivity index (χ2v) is 12.8. The van der Waals surface area contributed by atoms with Gasteiger partial charge in [0.15, 0.2) is 0 Å². The predicted octanol–water partition coefficient (Wildman–Crippen LogP) is 8.08. The lowest BCUT2D eigenvalue weighted by molar-refractivity contribution is -0.234. The molecule has 2 atom stereocenters. The third-order valence-corrected chi connectivity index (χ3v) is 8.63. The Balaban J connectivity index is 0.000000216. The number of aliphatic hydroxyl groups is 1. The molecule has 2 unspecified atom stereocenters. The topological polar surface area (TPSA) is 57.2 Å². The lowest BCUT2D eigenvalue weighted by Gasteiger charge is -2.53. The van der Waals surface area contributed by atoms with Crippen molar-refractivity contribution >= 4 is 5.76 Å². The summed E-state index contributed by atoms with van der Waals surface area (Å²) < 4.78 is 22.6. The molecule has 2 aliphatic rings. The van der Waals surface area contributed by atoms with E-state index < -0.39 is 5.60 Å². The van der Waals surface area contributed by atoms with Crippen LogP contribution in [0.4, 0.5) is 0 Å². The molecule has 0 saturated carbocycles. The minimum atomic E-state index is -0.891. The second kappa shape index (κ2) is 12.3. The van der Waals surface area contributed by atoms with Gasteiger partial charge < -0.3 is 24.1 Å². The summed E-state index contributed by atoms with van der Waals surface area (Å²) in [5.74, 6) is 3.30. The summed E-state index contributed by atoms with van der Waals surface area (Å²) in [6.45, 7) is 18.9. The van der Waals surface area contributed by atoms with Crippen LogP contribution in [0.25, 0.3) is 5.76 Å². The zero-order valence-electron chi connectivity index (χ0n) is 25.8. The highest BCUT2D eigenvalue weighted by atomic mass is 16.5. The molecule has 0 bridgehead atoms. The van der Waals surface area contributed by atoms with E-state index in [1.807, 2.05) is 36.4 Å². The highest BCUT2D eigenvalue weighted by Crippen LogP contribution is 2.52. The number of methoxy groups -OCH3 is 2. The van der Waals surface area contributed by atoms with Crippen LogP contribution in [-0.2, 0) is 9.47 Å². The number of allylic oxidation sites excluding steroid dienone is 1. The van der Waals surface area contributed by atoms with Gasteiger partial charge in [-0.15, -0.1) is 0 Å². The summed E-state index contributed by atoms with van der Waals surface area (Å²) in [6.07, 6.45) is 1.62. The summed E-state index contributed by atoms with van der Waals surface area (Å²) in [5.41, 5.74) is 2.63. The highest BCUT2D eigenvalue weighted by Gasteiger charge is 2.55. The number of benzene rings is 2. The van der Waals surface area contributed by atoms with Gasteiger partial charge in [0.25, 0.3) is 0 Å². The molecule has 2 aliphatic heterocycles. The van der Waals surface area contributed by atoms with Crippen molar-refractivity contribution in [1.82, 2.24) is 0 Å². The lowest BCUT2D eigenvalue weighted by Crippen LogP contribution is -2.57. The van der Waals surface area contributed by atoms with Gasteiger partial charge in [-0.3, -0.25) is 0 Å². The molecule has 5 nitrogen and oxygen atoms in total. The Kier molecular flexibility index (Phi) is 9.82. The van der Waals surface area contributed by atoms with Gasteiger partial charge in [-0.1, -0.05) is 79.7 Å². The summed E-state index contributed by atoms with van der Waals surface area (Å²) in [7, 11) is 3.35. The number of hydrogen-bond acceptors (Lipinski definition) is 5. The maximum absolute atomic E-state index is 11.4. The minimum absolute atomic E-state index is 0.106. The molecule has 2 heterocycles. The molecule has 0 spiro atoms. The Morgan fingerprint density at radius 2 is 1.46 bits per heavy atom. The molecule has 216 valence electrons. The van der Waals surface area contributed by atoms with Crippen molar-refractivity contribution in [3.63, 3.8) is 0 Å². The number of hydrogen-bond donors (Lipinski definition) is 1. The quantitative estimate of drug-likeness (QED) is 0.403. The van der Waals surface area contributed by atoms with Crippen molar-refractivity contribution in [2.75, 3.05) is 27.4 Å². The Hall–Kier alpha value is -2.50. The van der Waals surface area contributed by atoms with E-state index in [1.165, 1.54) is 5.57 Å². The molecule has 2 aromatic rings. The zero-order valence-corrected chi connectivity index (χ0v) is 25.8. The van der Waals surface area contributed by atoms with Gasteiger partial charge in [0.05, 0.1) is 20.8 Å². The van der Waals surface area contributed by atoms with Crippen LogP contribution in [0, 0.1) is 22.7 Å². The van der Waals surface area contributed by atoms with Crippen molar-refractivity contribution in [2.45, 2.75) is 79.9 Å². The van der Waals surface area contributed by atoms with Gasteiger partial charge in [0.2, 0.25) is 0 Å². The van der Waals surface area contributed by atoms with E-state index in [0.717, 1.165) is 47.8 Å². The van der Waals surface area contributed by atoms with Crippen molar-refractivity contribution in [3.8, 4) is 11.5 Å². The molecule has 2 aromatic carbocycles. The lowest BCUT2D eigenvalue weighted by atomic mass is 9.62. The first-order valence-electron chi connectivity index (χ1n) is 14.3. The Morgan fingerprint density at radius 1 is 0.846 bits per heavy atom. The maximum Gasteiger partial charge on any atom is 0.126 e. The van der Waals surface area contributed by atoms with Crippen LogP contribution in [-0.4, -0.2) is 38.1 Å². The number of rotatable bonds is 6. The number of ether oxygens (including phenoxy) is 4. The third-order valence-electron chi connectivity index (χ3n) is 8.63. The Bertz CT molecular complexity index is 1130. The van der Waals surface area contributed by atoms with Crippen molar-refractivity contribution < 1.29 is 24.1 Å². The van der Waals surface area contributed by atoms with Crippen molar-refractivity contribution in [2.24, 2.45) is 22.7 Å². The molecular formula is C34H50O5. The average molecular weight is 539 g/mol. The normalized spacial score (nSPS) is 24.1. The van der Waals surface area contributed by atoms with Crippen LogP contribution in [0.2, 0.25) is 0 Å². The van der Waals surface area contributed by atoms with Gasteiger partial charge in [-0.05, 0) is 70.9 Å². The molecule has 1 fully saturated rings. The first-order valence-corrected chi connectivity index (χ1v) is 14.3. The standard InChI is InChI=1S/C17H26O3.C17H24O2/c1-12(2)17(18)15(20-10-9-16(17,3)4)13-7-6-8-14(11-13)19-5;1-12(2)15-16(19-10-9-17(15,3)4)13-7-6-8-14(11-13)18-5/h6-8,11-12,15,18H,9-10H2,1-5H3;6-8,11-12H,9-10H2,1-5H3. The Morgan fingerprint density at radius 3 is 2.05 bits per heavy atom. The van der Waals surface area contributed by atoms with E-state index in [1.54, 1.807) is 14.2 Å². The van der Waals surface area contributed by atoms with E-state index in [0.29, 0.717) is 12.5 Å². The van der Waals surface area contributed by atoms with Crippen LogP contribution in [0.5, 0.6) is 11.5 Å². The zero-order chi connectivity index (χ0) is 29.0. The summed E-state index contributed by atoms with van der Waals surface area (Å²) in [4.78, 5) is 0. The largest absolute Gasteiger partial charge is 0.497 e. The van der Waals surface area contributed by atoms with Crippen molar-refractivity contribution in [3.05, 3.63) is 65.2 Å². The van der Waals surface area contributed by atoms with E-state index in [-0.39, 0.29) is 22.9 Å². The molecular weight excluding hydrogens is 488 g/mol. The van der Waals surface area contributed by atoms with E-state index >= 15 is 0 Å². The second-order valence-electron chi connectivity index (χ2n) is 12.8. The minimum Gasteiger partial charge on any atom is -0.497 e. The molecule has 1 saturated heterocycles. The highest BCUT2D eigenvalue weighted by molar-refractivity contribution is 5.66. The third kappa shape index (κ3) is 6.47. The maximum atomic E-state index is 11.4. The van der Waals surface area contributed by atoms with Crippen LogP contribution >= 0.6 is 0 Å². The van der Waals surface area contributed by atoms with Crippen LogP contribution in [0.15, 0.2) is 54.1 Å². The van der Waals surface area contributed by atoms with Gasteiger partial charge in [-0.25, -0.2) is 0 Å². The van der Waals surface area contributed by atoms with Crippen LogP contribution < -0.4 is 9.47 Å². The molecule has 1 N–H and O–H groups in total. The fourth-order valence-electron chi connectivity index (χ4n) is 6.33. The van der Waals surface area contributed by atoms with Crippen molar-refractivity contribution in [1.29, 1.82) is 0 Å². The fraction of sp³-hybridized carbons (Fsp3) is 0.588. The molecule has 5 heteroatoms. The van der Waals surface area contributed by atoms with E-state index in [4.69, 9.17) is 18.9 Å². The summed E-state index contributed by atoms with van der Waals surface area (Å²) >= 11 is 0. The summed E-state index contributed by atoms with van der Waals surface area (Å²) in [6, 6.07) is 15.9. The molecule has 0 aromatic heterocycles. The monoisotopic (exact) mass is 538 g/mol. The molecule has 4 rings (SSSR count). The predicted molar refractivity (Wildman–Crippen MR) is 159 cm³/mol. The fourth-order valence-corrected chi connectivity index (χ4v) is 6.33. The van der Waals surface area contributed by atoms with Gasteiger partial charge >= 0.3 is 0 Å². The van der Waals surface area contributed by atoms with E-state index in [9.17, 15) is 5.11 Å². The SMILES string of the molecule is COc1cccc(C2=C(C(C)C)C(C)(C)CCO2)c1.COc1cccc(C2OCCC(C)(C)C2(O)C(C)C)c1. The smallest absolute Gasteiger partial charge is 0.126 e. The van der Waals surface area contributed by atoms with Gasteiger partial charge in [0, 0.05) is 12.2 Å². The first kappa shape index (κ1) is 31.0. The van der Waals surface area contributed by atoms with Crippen LogP contribution in [0.1, 0.15) is 85.5 Å². The van der Waals surface area contributed by atoms with Crippen LogP contribution in [0.3, 0.4) is 0 Å². The molecule has 0 radical (unpaired) electrons. The molecule has 0 amide bonds. The molecule has 39 heavy (non-hydrogen) atoms. The average Bonchev–Trinajstić information content (AvgIpc) is 2.89. The Labute approximate surface area is 236 Å². The molecule has 0 aliphatic carbocycles. The summed E-state index contributed by atoms with van der Waals surface area (Å²) in [5, 5.41) is 11.4.